The molecule has 11 heteroatoms. The number of hydrogen-bond donors (Lipinski definition) is 3. The molecule has 0 aromatic heterocycles. The summed E-state index contributed by atoms with van der Waals surface area (Å²) in [4.78, 5) is 17.2. The first-order valence-corrected chi connectivity index (χ1v) is 14.6. The average Bonchev–Trinajstić information content (AvgIpc) is 3.42. The first kappa shape index (κ1) is 25.8. The smallest absolute Gasteiger partial charge is 0.323 e. The molecule has 2 saturated heterocycles. The van der Waals surface area contributed by atoms with E-state index in [-0.39, 0.29) is 48.8 Å². The molecule has 0 radical (unpaired) electrons. The van der Waals surface area contributed by atoms with E-state index in [0.717, 1.165) is 22.3 Å². The zero-order chi connectivity index (χ0) is 28.2. The number of cyclic esters (lactones) is 1. The molecular formula is C29H32N4O6S. The first-order valence-electron chi connectivity index (χ1n) is 13.5. The Bertz CT molecular complexity index is 1510. The van der Waals surface area contributed by atoms with E-state index in [4.69, 9.17) is 19.9 Å². The molecule has 2 unspecified atom stereocenters. The molecule has 10 nitrogen and oxygen atoms in total. The molecule has 5 aliphatic rings. The van der Waals surface area contributed by atoms with Gasteiger partial charge in [-0.3, -0.25) is 14.6 Å². The summed E-state index contributed by atoms with van der Waals surface area (Å²) in [7, 11) is 2.02. The summed E-state index contributed by atoms with van der Waals surface area (Å²) in [6.07, 6.45) is 0.595. The Kier molecular flexibility index (Phi) is 5.74. The number of aromatic hydroxyl groups is 2. The molecule has 0 aliphatic carbocycles. The van der Waals surface area contributed by atoms with Crippen molar-refractivity contribution in [3.63, 3.8) is 0 Å². The number of ether oxygens (including phenoxy) is 3. The highest BCUT2D eigenvalue weighted by Crippen LogP contribution is 2.63. The maximum atomic E-state index is 12.8. The summed E-state index contributed by atoms with van der Waals surface area (Å²) in [5.41, 5.74) is 12.0. The van der Waals surface area contributed by atoms with Crippen molar-refractivity contribution in [1.82, 2.24) is 9.80 Å². The first-order chi connectivity index (χ1) is 19.1. The second-order valence-electron chi connectivity index (χ2n) is 11.5. The second kappa shape index (κ2) is 8.91. The summed E-state index contributed by atoms with van der Waals surface area (Å²) in [6, 6.07) is 1.93. The number of phenols is 2. The number of nitrogens with two attached hydrogens (primary N) is 1. The van der Waals surface area contributed by atoms with Crippen LogP contribution in [0.3, 0.4) is 0 Å². The van der Waals surface area contributed by atoms with Crippen molar-refractivity contribution in [3.05, 3.63) is 45.0 Å². The van der Waals surface area contributed by atoms with Gasteiger partial charge < -0.3 is 30.2 Å². The number of rotatable bonds is 0. The zero-order valence-corrected chi connectivity index (χ0v) is 23.6. The molecular weight excluding hydrogens is 532 g/mol. The maximum absolute atomic E-state index is 12.8. The Morgan fingerprint density at radius 2 is 1.80 bits per heavy atom. The minimum absolute atomic E-state index is 0.0141. The molecule has 0 spiro atoms. The van der Waals surface area contributed by atoms with Crippen LogP contribution in [-0.4, -0.2) is 76.3 Å². The summed E-state index contributed by atoms with van der Waals surface area (Å²) in [6.45, 7) is 5.68. The van der Waals surface area contributed by atoms with Crippen molar-refractivity contribution in [1.29, 1.82) is 5.26 Å². The van der Waals surface area contributed by atoms with Crippen LogP contribution in [0.2, 0.25) is 0 Å². The Morgan fingerprint density at radius 1 is 1.07 bits per heavy atom. The lowest BCUT2D eigenvalue weighted by Crippen LogP contribution is -2.69. The van der Waals surface area contributed by atoms with Gasteiger partial charge in [0, 0.05) is 40.1 Å². The number of likely N-dealkylation sites (N-methyl/N-ethyl adjacent to an activating group) is 1. The summed E-state index contributed by atoms with van der Waals surface area (Å²) in [5, 5.41) is 33.6. The molecule has 0 amide bonds. The second-order valence-corrected chi connectivity index (χ2v) is 12.7. The number of nitrogens with zero attached hydrogens (tertiary/aromatic N) is 3. The van der Waals surface area contributed by atoms with Crippen LogP contribution in [-0.2, 0) is 16.0 Å². The minimum atomic E-state index is -0.837. The van der Waals surface area contributed by atoms with Crippen molar-refractivity contribution in [2.45, 2.75) is 68.7 Å². The van der Waals surface area contributed by atoms with Gasteiger partial charge in [0.2, 0.25) is 6.79 Å². The monoisotopic (exact) mass is 564 g/mol. The number of benzene rings is 2. The van der Waals surface area contributed by atoms with Crippen molar-refractivity contribution < 1.29 is 29.2 Å². The topological polar surface area (TPSA) is 142 Å². The van der Waals surface area contributed by atoms with Gasteiger partial charge in [0.05, 0.1) is 23.4 Å². The molecule has 7 rings (SSSR count). The number of hydrogen-bond acceptors (Lipinski definition) is 11. The van der Waals surface area contributed by atoms with Crippen molar-refractivity contribution in [3.8, 4) is 29.1 Å². The summed E-state index contributed by atoms with van der Waals surface area (Å²) in [5.74, 6) is 1.14. The highest BCUT2D eigenvalue weighted by Gasteiger charge is 2.60. The number of carbonyl (C=O) groups excluding carboxylic acids is 1. The average molecular weight is 565 g/mol. The zero-order valence-electron chi connectivity index (χ0n) is 22.8. The van der Waals surface area contributed by atoms with Crippen molar-refractivity contribution in [2.24, 2.45) is 5.73 Å². The summed E-state index contributed by atoms with van der Waals surface area (Å²) >= 11 is 1.47. The molecule has 2 fully saturated rings. The maximum Gasteiger partial charge on any atom is 0.323 e. The largest absolute Gasteiger partial charge is 0.507 e. The van der Waals surface area contributed by atoms with E-state index in [1.54, 1.807) is 6.92 Å². The summed E-state index contributed by atoms with van der Waals surface area (Å²) < 4.78 is 17.6. The van der Waals surface area contributed by atoms with E-state index in [2.05, 4.69) is 21.9 Å². The van der Waals surface area contributed by atoms with Gasteiger partial charge in [-0.25, -0.2) is 0 Å². The minimum Gasteiger partial charge on any atom is -0.507 e. The van der Waals surface area contributed by atoms with Crippen molar-refractivity contribution in [2.75, 3.05) is 26.2 Å². The van der Waals surface area contributed by atoms with Crippen LogP contribution in [0.5, 0.6) is 23.0 Å². The molecule has 210 valence electrons. The lowest BCUT2D eigenvalue weighted by atomic mass is 9.71. The molecule has 4 N–H and O–H groups in total. The number of nitriles is 1. The number of piperazine rings is 1. The molecule has 4 bridgehead atoms. The molecule has 5 heterocycles. The van der Waals surface area contributed by atoms with E-state index in [1.807, 2.05) is 20.9 Å². The number of thioether (sulfide) groups is 1. The predicted octanol–water partition coefficient (Wildman–Crippen LogP) is 2.64. The highest BCUT2D eigenvalue weighted by molar-refractivity contribution is 7.99. The fourth-order valence-electron chi connectivity index (χ4n) is 7.59. The molecule has 5 aliphatic heterocycles. The third kappa shape index (κ3) is 3.25. The predicted molar refractivity (Wildman–Crippen MR) is 146 cm³/mol. The standard InChI is InChI=1S/C29H32N4O6S/c1-11-5-14-6-16-17(7-30)33-18-8-37-29(36)15(31)9-40-28(23(33)22(32(16)4)19(14)24(34)12(11)2)21-20(18)27-26(38-10-39-27)13(3)25(21)35/h5,15-18,22-23,28,34-35H,6,8-10,31H2,1-4H3/t15?,16-,17-,18+,22+,23?,28+/m0/s1. The Balaban J connectivity index is 1.54. The third-order valence-electron chi connectivity index (χ3n) is 9.64. The Labute approximate surface area is 236 Å². The van der Waals surface area contributed by atoms with E-state index >= 15 is 0 Å². The molecule has 2 aromatic rings. The fraction of sp³-hybridized carbons (Fsp3) is 0.517. The highest BCUT2D eigenvalue weighted by atomic mass is 32.2. The van der Waals surface area contributed by atoms with E-state index in [1.165, 1.54) is 11.8 Å². The lowest BCUT2D eigenvalue weighted by molar-refractivity contribution is -0.150. The van der Waals surface area contributed by atoms with Gasteiger partial charge in [-0.2, -0.15) is 5.26 Å². The van der Waals surface area contributed by atoms with Crippen LogP contribution in [0, 0.1) is 32.1 Å². The van der Waals surface area contributed by atoms with Crippen LogP contribution >= 0.6 is 11.8 Å². The van der Waals surface area contributed by atoms with E-state index in [9.17, 15) is 20.3 Å². The van der Waals surface area contributed by atoms with E-state index in [0.29, 0.717) is 34.6 Å². The molecule has 7 atom stereocenters. The normalized spacial score (nSPS) is 32.5. The number of phenolic OH excluding ortho intramolecular Hbond substituents is 2. The quantitative estimate of drug-likeness (QED) is 0.407. The van der Waals surface area contributed by atoms with Crippen LogP contribution in [0.4, 0.5) is 0 Å². The van der Waals surface area contributed by atoms with E-state index < -0.39 is 29.3 Å². The number of carbonyl (C=O) groups is 1. The fourth-order valence-corrected chi connectivity index (χ4v) is 9.03. The van der Waals surface area contributed by atoms with Crippen LogP contribution < -0.4 is 15.2 Å². The SMILES string of the molecule is Cc1cc2c(c(O)c1C)[C@@H]1C3[C@@H]4SCC(N)C(=O)OC[C@H](c5c6c(c(C)c(O)c54)OCO6)N3[C@@H](C#N)[C@H](C2)N1C. The van der Waals surface area contributed by atoms with Crippen LogP contribution in [0.1, 0.15) is 56.3 Å². The molecule has 40 heavy (non-hydrogen) atoms. The van der Waals surface area contributed by atoms with Gasteiger partial charge in [0.15, 0.2) is 11.5 Å². The van der Waals surface area contributed by atoms with Crippen LogP contribution in [0.15, 0.2) is 6.07 Å². The number of fused-ring (bicyclic) bond motifs is 9. The van der Waals surface area contributed by atoms with Crippen molar-refractivity contribution >= 4 is 17.7 Å². The molecule has 2 aromatic carbocycles. The van der Waals surface area contributed by atoms with Gasteiger partial charge >= 0.3 is 5.97 Å². The Morgan fingerprint density at radius 3 is 2.55 bits per heavy atom. The Hall–Kier alpha value is -3.17. The number of esters is 1. The van der Waals surface area contributed by atoms with Crippen LogP contribution in [0.25, 0.3) is 0 Å². The number of aryl methyl sites for hydroxylation is 1. The third-order valence-corrected chi connectivity index (χ3v) is 11.1. The van der Waals surface area contributed by atoms with Gasteiger partial charge in [-0.15, -0.1) is 11.8 Å². The van der Waals surface area contributed by atoms with Gasteiger partial charge in [-0.1, -0.05) is 6.07 Å². The van der Waals surface area contributed by atoms with Gasteiger partial charge in [0.25, 0.3) is 0 Å². The lowest BCUT2D eigenvalue weighted by Gasteiger charge is -2.61. The van der Waals surface area contributed by atoms with Gasteiger partial charge in [0.1, 0.15) is 30.2 Å². The molecule has 0 saturated carbocycles. The van der Waals surface area contributed by atoms with Gasteiger partial charge in [-0.05, 0) is 50.9 Å².